The molecule has 94 valence electrons. The number of anilines is 1. The summed E-state index contributed by atoms with van der Waals surface area (Å²) < 4.78 is 13.8. The highest BCUT2D eigenvalue weighted by atomic mass is 79.9. The molecule has 1 amide bonds. The lowest BCUT2D eigenvalue weighted by Gasteiger charge is -2.09. The maximum absolute atomic E-state index is 13.4. The molecular weight excluding hydrogens is 317 g/mol. The SMILES string of the molecule is Cc1cc(Br)c(F)cc1NC(=O)c1sccc1C. The summed E-state index contributed by atoms with van der Waals surface area (Å²) in [5.74, 6) is -0.592. The van der Waals surface area contributed by atoms with E-state index in [1.165, 1.54) is 17.4 Å². The summed E-state index contributed by atoms with van der Waals surface area (Å²) in [7, 11) is 0. The predicted octanol–water partition coefficient (Wildman–Crippen LogP) is 4.52. The van der Waals surface area contributed by atoms with Gasteiger partial charge in [-0.1, -0.05) is 0 Å². The van der Waals surface area contributed by atoms with E-state index in [0.717, 1.165) is 11.1 Å². The summed E-state index contributed by atoms with van der Waals surface area (Å²) in [6.07, 6.45) is 0. The fourth-order valence-electron chi connectivity index (χ4n) is 1.57. The minimum atomic E-state index is -0.390. The van der Waals surface area contributed by atoms with Crippen molar-refractivity contribution in [2.45, 2.75) is 13.8 Å². The van der Waals surface area contributed by atoms with Crippen molar-refractivity contribution in [2.24, 2.45) is 0 Å². The summed E-state index contributed by atoms with van der Waals surface area (Å²) in [6.45, 7) is 3.70. The van der Waals surface area contributed by atoms with Crippen molar-refractivity contribution >= 4 is 38.9 Å². The molecule has 2 aromatic rings. The molecule has 0 bridgehead atoms. The first kappa shape index (κ1) is 13.2. The fourth-order valence-corrected chi connectivity index (χ4v) is 2.84. The Kier molecular flexibility index (Phi) is 3.82. The molecule has 0 radical (unpaired) electrons. The van der Waals surface area contributed by atoms with E-state index in [2.05, 4.69) is 21.2 Å². The van der Waals surface area contributed by atoms with Crippen LogP contribution in [0.2, 0.25) is 0 Å². The summed E-state index contributed by atoms with van der Waals surface area (Å²) >= 11 is 4.49. The Morgan fingerprint density at radius 1 is 1.33 bits per heavy atom. The van der Waals surface area contributed by atoms with Crippen LogP contribution in [0.1, 0.15) is 20.8 Å². The molecule has 2 nitrogen and oxygen atoms in total. The van der Waals surface area contributed by atoms with Crippen LogP contribution >= 0.6 is 27.3 Å². The van der Waals surface area contributed by atoms with Crippen molar-refractivity contribution in [2.75, 3.05) is 5.32 Å². The van der Waals surface area contributed by atoms with Gasteiger partial charge in [0.2, 0.25) is 0 Å². The standard InChI is InChI=1S/C13H11BrFNOS/c1-7-3-4-18-12(7)13(17)16-11-6-10(15)9(14)5-8(11)2/h3-6H,1-2H3,(H,16,17). The van der Waals surface area contributed by atoms with Crippen LogP contribution in [-0.4, -0.2) is 5.91 Å². The second-order valence-electron chi connectivity index (χ2n) is 3.97. The van der Waals surface area contributed by atoms with Crippen LogP contribution in [0, 0.1) is 19.7 Å². The quantitative estimate of drug-likeness (QED) is 0.863. The molecule has 0 aliphatic rings. The van der Waals surface area contributed by atoms with Crippen molar-refractivity contribution in [3.8, 4) is 0 Å². The average molecular weight is 328 g/mol. The minimum Gasteiger partial charge on any atom is -0.321 e. The zero-order chi connectivity index (χ0) is 13.3. The van der Waals surface area contributed by atoms with Gasteiger partial charge in [0, 0.05) is 5.69 Å². The van der Waals surface area contributed by atoms with E-state index in [0.29, 0.717) is 15.0 Å². The Balaban J connectivity index is 2.28. The van der Waals surface area contributed by atoms with Gasteiger partial charge in [-0.25, -0.2) is 4.39 Å². The first-order valence-electron chi connectivity index (χ1n) is 5.30. The lowest BCUT2D eigenvalue weighted by molar-refractivity contribution is 0.103. The molecule has 1 aromatic heterocycles. The average Bonchev–Trinajstić information content (AvgIpc) is 2.72. The number of aryl methyl sites for hydroxylation is 2. The van der Waals surface area contributed by atoms with Crippen molar-refractivity contribution in [3.63, 3.8) is 0 Å². The number of nitrogens with one attached hydrogen (secondary N) is 1. The lowest BCUT2D eigenvalue weighted by atomic mass is 10.2. The van der Waals surface area contributed by atoms with E-state index in [-0.39, 0.29) is 11.7 Å². The van der Waals surface area contributed by atoms with Gasteiger partial charge in [0.05, 0.1) is 9.35 Å². The van der Waals surface area contributed by atoms with Gasteiger partial charge in [-0.3, -0.25) is 4.79 Å². The molecule has 1 aromatic carbocycles. The lowest BCUT2D eigenvalue weighted by Crippen LogP contribution is -2.12. The molecule has 0 unspecified atom stereocenters. The van der Waals surface area contributed by atoms with E-state index in [1.807, 2.05) is 25.3 Å². The second-order valence-corrected chi connectivity index (χ2v) is 5.74. The highest BCUT2D eigenvalue weighted by Crippen LogP contribution is 2.25. The van der Waals surface area contributed by atoms with Gasteiger partial charge < -0.3 is 5.32 Å². The van der Waals surface area contributed by atoms with Crippen LogP contribution in [-0.2, 0) is 0 Å². The van der Waals surface area contributed by atoms with Crippen LogP contribution in [0.25, 0.3) is 0 Å². The number of benzene rings is 1. The van der Waals surface area contributed by atoms with Crippen molar-refractivity contribution in [3.05, 3.63) is 49.9 Å². The normalized spacial score (nSPS) is 10.4. The van der Waals surface area contributed by atoms with E-state index < -0.39 is 0 Å². The second kappa shape index (κ2) is 5.20. The van der Waals surface area contributed by atoms with Crippen molar-refractivity contribution < 1.29 is 9.18 Å². The smallest absolute Gasteiger partial charge is 0.266 e. The highest BCUT2D eigenvalue weighted by Gasteiger charge is 2.13. The fraction of sp³-hybridized carbons (Fsp3) is 0.154. The molecule has 5 heteroatoms. The monoisotopic (exact) mass is 327 g/mol. The number of hydrogen-bond acceptors (Lipinski definition) is 2. The van der Waals surface area contributed by atoms with Crippen LogP contribution < -0.4 is 5.32 Å². The van der Waals surface area contributed by atoms with Gasteiger partial charge in [0.1, 0.15) is 5.82 Å². The molecule has 1 heterocycles. The number of carbonyl (C=O) groups excluding carboxylic acids is 1. The molecule has 0 atom stereocenters. The number of carbonyl (C=O) groups is 1. The van der Waals surface area contributed by atoms with Crippen LogP contribution in [0.5, 0.6) is 0 Å². The molecule has 0 aliphatic heterocycles. The molecule has 0 saturated carbocycles. The zero-order valence-electron chi connectivity index (χ0n) is 9.88. The van der Waals surface area contributed by atoms with Crippen LogP contribution in [0.3, 0.4) is 0 Å². The topological polar surface area (TPSA) is 29.1 Å². The van der Waals surface area contributed by atoms with E-state index in [4.69, 9.17) is 0 Å². The van der Waals surface area contributed by atoms with Gasteiger partial charge >= 0.3 is 0 Å². The molecule has 0 spiro atoms. The maximum Gasteiger partial charge on any atom is 0.266 e. The van der Waals surface area contributed by atoms with Crippen molar-refractivity contribution in [1.82, 2.24) is 0 Å². The third-order valence-electron chi connectivity index (χ3n) is 2.58. The predicted molar refractivity (Wildman–Crippen MR) is 75.8 cm³/mol. The number of halogens is 2. The molecular formula is C13H11BrFNOS. The molecule has 2 rings (SSSR count). The third-order valence-corrected chi connectivity index (χ3v) is 4.21. The third kappa shape index (κ3) is 2.62. The van der Waals surface area contributed by atoms with Gasteiger partial charge in [0.15, 0.2) is 0 Å². The Morgan fingerprint density at radius 2 is 2.06 bits per heavy atom. The van der Waals surface area contributed by atoms with Gasteiger partial charge in [-0.2, -0.15) is 0 Å². The number of amides is 1. The van der Waals surface area contributed by atoms with E-state index in [1.54, 1.807) is 6.07 Å². The first-order valence-corrected chi connectivity index (χ1v) is 6.97. The van der Waals surface area contributed by atoms with Gasteiger partial charge in [-0.15, -0.1) is 11.3 Å². The zero-order valence-corrected chi connectivity index (χ0v) is 12.3. The Hall–Kier alpha value is -1.20. The Morgan fingerprint density at radius 3 is 2.67 bits per heavy atom. The molecule has 1 N–H and O–H groups in total. The largest absolute Gasteiger partial charge is 0.321 e. The Labute approximate surface area is 117 Å². The maximum atomic E-state index is 13.4. The van der Waals surface area contributed by atoms with Crippen LogP contribution in [0.15, 0.2) is 28.1 Å². The summed E-state index contributed by atoms with van der Waals surface area (Å²) in [4.78, 5) is 12.7. The van der Waals surface area contributed by atoms with E-state index in [9.17, 15) is 9.18 Å². The highest BCUT2D eigenvalue weighted by molar-refractivity contribution is 9.10. The van der Waals surface area contributed by atoms with Gasteiger partial charge in [0.25, 0.3) is 5.91 Å². The summed E-state index contributed by atoms with van der Waals surface area (Å²) in [6, 6.07) is 4.85. The number of hydrogen-bond donors (Lipinski definition) is 1. The number of rotatable bonds is 2. The molecule has 0 aliphatic carbocycles. The minimum absolute atomic E-state index is 0.202. The van der Waals surface area contributed by atoms with E-state index >= 15 is 0 Å². The molecule has 18 heavy (non-hydrogen) atoms. The number of thiophene rings is 1. The molecule has 0 saturated heterocycles. The first-order chi connectivity index (χ1) is 8.49. The summed E-state index contributed by atoms with van der Waals surface area (Å²) in [5.41, 5.74) is 2.23. The Bertz CT molecular complexity index is 609. The van der Waals surface area contributed by atoms with Crippen molar-refractivity contribution in [1.29, 1.82) is 0 Å². The van der Waals surface area contributed by atoms with Crippen LogP contribution in [0.4, 0.5) is 10.1 Å². The summed E-state index contributed by atoms with van der Waals surface area (Å²) in [5, 5.41) is 4.59. The van der Waals surface area contributed by atoms with Gasteiger partial charge in [-0.05, 0) is 64.5 Å². The molecule has 0 fully saturated rings.